The first-order chi connectivity index (χ1) is 9.15. The van der Waals surface area contributed by atoms with Gasteiger partial charge < -0.3 is 10.6 Å². The van der Waals surface area contributed by atoms with Gasteiger partial charge in [-0.15, -0.1) is 0 Å². The third-order valence-electron chi connectivity index (χ3n) is 3.17. The number of benzene rings is 1. The Labute approximate surface area is 114 Å². The summed E-state index contributed by atoms with van der Waals surface area (Å²) in [5.41, 5.74) is 1.59. The predicted molar refractivity (Wildman–Crippen MR) is 71.0 cm³/mol. The first-order valence-corrected chi connectivity index (χ1v) is 7.40. The fourth-order valence-corrected chi connectivity index (χ4v) is 2.72. The Kier molecular flexibility index (Phi) is 3.49. The van der Waals surface area contributed by atoms with Crippen LogP contribution >= 0.6 is 0 Å². The van der Waals surface area contributed by atoms with Crippen molar-refractivity contribution in [3.8, 4) is 0 Å². The van der Waals surface area contributed by atoms with Crippen LogP contribution in [0, 0.1) is 0 Å². The van der Waals surface area contributed by atoms with Crippen LogP contribution in [0.1, 0.15) is 12.5 Å². The van der Waals surface area contributed by atoms with Crippen LogP contribution in [0.2, 0.25) is 0 Å². The number of hydrogen-bond acceptors (Lipinski definition) is 4. The van der Waals surface area contributed by atoms with E-state index in [0.29, 0.717) is 12.2 Å². The highest BCUT2D eigenvalue weighted by Gasteiger charge is 2.46. The third kappa shape index (κ3) is 2.49. The Morgan fingerprint density at radius 3 is 2.60 bits per heavy atom. The van der Waals surface area contributed by atoms with Crippen LogP contribution in [0.5, 0.6) is 0 Å². The molecular weight excluding hydrogens is 295 g/mol. The van der Waals surface area contributed by atoms with Gasteiger partial charge in [-0.2, -0.15) is 21.6 Å². The number of likely N-dealkylation sites (N-methyl/N-ethyl adjacent to an activating group) is 1. The second kappa shape index (κ2) is 4.72. The minimum atomic E-state index is -5.46. The fourth-order valence-electron chi connectivity index (χ4n) is 2.14. The zero-order chi connectivity index (χ0) is 15.1. The highest BCUT2D eigenvalue weighted by molar-refractivity contribution is 7.93. The van der Waals surface area contributed by atoms with Gasteiger partial charge in [-0.1, -0.05) is 0 Å². The van der Waals surface area contributed by atoms with E-state index in [1.807, 2.05) is 11.8 Å². The molecule has 1 aliphatic heterocycles. The van der Waals surface area contributed by atoms with E-state index in [0.717, 1.165) is 18.5 Å². The van der Waals surface area contributed by atoms with Gasteiger partial charge in [0.25, 0.3) is 0 Å². The normalized spacial score (nSPS) is 15.3. The fraction of sp³-hybridized carbons (Fsp3) is 0.455. The van der Waals surface area contributed by atoms with Gasteiger partial charge in [-0.3, -0.25) is 4.72 Å². The van der Waals surface area contributed by atoms with Crippen molar-refractivity contribution in [2.75, 3.05) is 28.4 Å². The standard InChI is InChI=1S/C11H14F3N3O2S/c1-2-17-4-3-7-5-8(15)9(6-10(7)17)16-20(18,19)11(12,13)14/h5-6,16H,2-4,15H2,1H3. The quantitative estimate of drug-likeness (QED) is 0.836. The summed E-state index contributed by atoms with van der Waals surface area (Å²) in [7, 11) is -5.46. The highest BCUT2D eigenvalue weighted by Crippen LogP contribution is 2.36. The maximum absolute atomic E-state index is 12.4. The molecule has 0 amide bonds. The van der Waals surface area contributed by atoms with Crippen molar-refractivity contribution >= 4 is 27.1 Å². The Hall–Kier alpha value is -1.64. The molecule has 1 aliphatic rings. The zero-order valence-electron chi connectivity index (χ0n) is 10.7. The average Bonchev–Trinajstić information content (AvgIpc) is 2.69. The zero-order valence-corrected chi connectivity index (χ0v) is 11.5. The van der Waals surface area contributed by atoms with Gasteiger partial charge >= 0.3 is 15.5 Å². The molecule has 5 nitrogen and oxygen atoms in total. The lowest BCUT2D eigenvalue weighted by Gasteiger charge is -2.19. The molecule has 0 spiro atoms. The summed E-state index contributed by atoms with van der Waals surface area (Å²) in [6.07, 6.45) is 0.736. The minimum absolute atomic E-state index is 0.0190. The smallest absolute Gasteiger partial charge is 0.397 e. The molecule has 20 heavy (non-hydrogen) atoms. The molecule has 1 aromatic rings. The van der Waals surface area contributed by atoms with Crippen LogP contribution in [0.25, 0.3) is 0 Å². The molecular formula is C11H14F3N3O2S. The number of hydrogen-bond donors (Lipinski definition) is 2. The molecule has 112 valence electrons. The van der Waals surface area contributed by atoms with Gasteiger partial charge in [-0.05, 0) is 31.0 Å². The lowest BCUT2D eigenvalue weighted by atomic mass is 10.1. The summed E-state index contributed by atoms with van der Waals surface area (Å²) in [6.45, 7) is 3.33. The summed E-state index contributed by atoms with van der Waals surface area (Å²) in [5, 5.41) is 0. The molecule has 0 saturated carbocycles. The van der Waals surface area contributed by atoms with E-state index in [-0.39, 0.29) is 11.4 Å². The number of nitrogens with zero attached hydrogens (tertiary/aromatic N) is 1. The molecule has 0 aliphatic carbocycles. The summed E-state index contributed by atoms with van der Waals surface area (Å²) in [4.78, 5) is 1.94. The van der Waals surface area contributed by atoms with Crippen molar-refractivity contribution in [2.45, 2.75) is 18.9 Å². The van der Waals surface area contributed by atoms with Crippen molar-refractivity contribution in [3.63, 3.8) is 0 Å². The molecule has 0 bridgehead atoms. The number of alkyl halides is 3. The second-order valence-electron chi connectivity index (χ2n) is 4.45. The minimum Gasteiger partial charge on any atom is -0.397 e. The third-order valence-corrected chi connectivity index (χ3v) is 4.27. The molecule has 2 rings (SSSR count). The van der Waals surface area contributed by atoms with Crippen molar-refractivity contribution in [1.82, 2.24) is 0 Å². The first kappa shape index (κ1) is 14.8. The average molecular weight is 309 g/mol. The van der Waals surface area contributed by atoms with Crippen LogP contribution in [0.15, 0.2) is 12.1 Å². The number of fused-ring (bicyclic) bond motifs is 1. The molecule has 0 saturated heterocycles. The molecule has 0 radical (unpaired) electrons. The van der Waals surface area contributed by atoms with Gasteiger partial charge in [0.1, 0.15) is 0 Å². The van der Waals surface area contributed by atoms with Crippen LogP contribution in [-0.4, -0.2) is 27.0 Å². The summed E-state index contributed by atoms with van der Waals surface area (Å²) in [5.74, 6) is 0. The van der Waals surface area contributed by atoms with E-state index in [9.17, 15) is 21.6 Å². The number of anilines is 3. The van der Waals surface area contributed by atoms with Gasteiger partial charge in [0.2, 0.25) is 0 Å². The lowest BCUT2D eigenvalue weighted by Crippen LogP contribution is -2.30. The highest BCUT2D eigenvalue weighted by atomic mass is 32.2. The van der Waals surface area contributed by atoms with Gasteiger partial charge in [-0.25, -0.2) is 0 Å². The van der Waals surface area contributed by atoms with E-state index in [4.69, 9.17) is 5.73 Å². The molecule has 0 unspecified atom stereocenters. The molecule has 9 heteroatoms. The summed E-state index contributed by atoms with van der Waals surface area (Å²) >= 11 is 0. The SMILES string of the molecule is CCN1CCc2cc(N)c(NS(=O)(=O)C(F)(F)F)cc21. The monoisotopic (exact) mass is 309 g/mol. The summed E-state index contributed by atoms with van der Waals surface area (Å²) < 4.78 is 60.8. The number of nitrogens with two attached hydrogens (primary N) is 1. The largest absolute Gasteiger partial charge is 0.516 e. The molecule has 3 N–H and O–H groups in total. The Bertz CT molecular complexity index is 629. The molecule has 1 heterocycles. The van der Waals surface area contributed by atoms with Gasteiger partial charge in [0, 0.05) is 18.8 Å². The van der Waals surface area contributed by atoms with Gasteiger partial charge in [0.15, 0.2) is 0 Å². The topological polar surface area (TPSA) is 75.4 Å². The van der Waals surface area contributed by atoms with E-state index < -0.39 is 15.5 Å². The molecule has 1 aromatic carbocycles. The van der Waals surface area contributed by atoms with Crippen LogP contribution in [0.4, 0.5) is 30.2 Å². The Morgan fingerprint density at radius 2 is 2.05 bits per heavy atom. The van der Waals surface area contributed by atoms with Crippen molar-refractivity contribution in [1.29, 1.82) is 0 Å². The number of halogens is 3. The second-order valence-corrected chi connectivity index (χ2v) is 6.12. The van der Waals surface area contributed by atoms with Crippen molar-refractivity contribution in [2.24, 2.45) is 0 Å². The predicted octanol–water partition coefficient (Wildman–Crippen LogP) is 1.91. The van der Waals surface area contributed by atoms with Gasteiger partial charge in [0.05, 0.1) is 11.4 Å². The molecule has 0 aromatic heterocycles. The number of nitrogens with one attached hydrogen (secondary N) is 1. The van der Waals surface area contributed by atoms with Crippen molar-refractivity contribution in [3.05, 3.63) is 17.7 Å². The summed E-state index contributed by atoms with van der Waals surface area (Å²) in [6, 6.07) is 2.86. The van der Waals surface area contributed by atoms with E-state index >= 15 is 0 Å². The van der Waals surface area contributed by atoms with Crippen molar-refractivity contribution < 1.29 is 21.6 Å². The number of nitrogen functional groups attached to an aromatic ring is 1. The first-order valence-electron chi connectivity index (χ1n) is 5.92. The lowest BCUT2D eigenvalue weighted by molar-refractivity contribution is -0.0429. The van der Waals surface area contributed by atoms with Crippen LogP contribution in [0.3, 0.4) is 0 Å². The molecule has 0 atom stereocenters. The van der Waals surface area contributed by atoms with Crippen LogP contribution < -0.4 is 15.4 Å². The Morgan fingerprint density at radius 1 is 1.40 bits per heavy atom. The van der Waals surface area contributed by atoms with Crippen LogP contribution in [-0.2, 0) is 16.4 Å². The number of sulfonamides is 1. The maximum atomic E-state index is 12.4. The number of rotatable bonds is 3. The van der Waals surface area contributed by atoms with E-state index in [2.05, 4.69) is 0 Å². The molecule has 0 fully saturated rings. The Balaban J connectivity index is 2.40. The van der Waals surface area contributed by atoms with E-state index in [1.54, 1.807) is 0 Å². The maximum Gasteiger partial charge on any atom is 0.516 e. The van der Waals surface area contributed by atoms with E-state index in [1.165, 1.54) is 16.9 Å².